The molecular formula is C13H24O. The van der Waals surface area contributed by atoms with E-state index in [1.165, 1.54) is 25.7 Å². The second-order valence-corrected chi connectivity index (χ2v) is 7.30. The molecule has 2 fully saturated rings. The molecule has 2 saturated carbocycles. The van der Waals surface area contributed by atoms with E-state index >= 15 is 0 Å². The maximum absolute atomic E-state index is 9.26. The van der Waals surface area contributed by atoms with E-state index < -0.39 is 0 Å². The first-order chi connectivity index (χ1) is 6.29. The molecule has 0 amide bonds. The lowest BCUT2D eigenvalue weighted by molar-refractivity contribution is 0.0410. The fourth-order valence-electron chi connectivity index (χ4n) is 4.51. The number of aliphatic hydroxyl groups excluding tert-OH is 1. The minimum atomic E-state index is 0.409. The Morgan fingerprint density at radius 3 is 1.86 bits per heavy atom. The van der Waals surface area contributed by atoms with E-state index in [4.69, 9.17) is 0 Å². The average Bonchev–Trinajstić information content (AvgIpc) is 2.54. The van der Waals surface area contributed by atoms with Crippen LogP contribution in [0.2, 0.25) is 0 Å². The van der Waals surface area contributed by atoms with Gasteiger partial charge in [-0.3, -0.25) is 0 Å². The zero-order valence-electron chi connectivity index (χ0n) is 10.1. The van der Waals surface area contributed by atoms with Crippen LogP contribution in [-0.4, -0.2) is 11.7 Å². The zero-order chi connectivity index (χ0) is 10.6. The molecule has 0 heterocycles. The van der Waals surface area contributed by atoms with Gasteiger partial charge in [-0.15, -0.1) is 0 Å². The van der Waals surface area contributed by atoms with Gasteiger partial charge in [-0.25, -0.2) is 0 Å². The summed E-state index contributed by atoms with van der Waals surface area (Å²) in [6, 6.07) is 0. The molecule has 0 aromatic carbocycles. The third-order valence-electron chi connectivity index (χ3n) is 4.20. The van der Waals surface area contributed by atoms with Gasteiger partial charge in [0, 0.05) is 6.61 Å². The molecule has 0 aliphatic heterocycles. The minimum absolute atomic E-state index is 0.409. The van der Waals surface area contributed by atoms with Crippen LogP contribution in [0.4, 0.5) is 0 Å². The highest BCUT2D eigenvalue weighted by molar-refractivity contribution is 5.09. The van der Waals surface area contributed by atoms with Crippen LogP contribution in [0.3, 0.4) is 0 Å². The Morgan fingerprint density at radius 2 is 1.50 bits per heavy atom. The van der Waals surface area contributed by atoms with Crippen molar-refractivity contribution >= 4 is 0 Å². The lowest BCUT2D eigenvalue weighted by Crippen LogP contribution is -2.36. The van der Waals surface area contributed by atoms with E-state index in [2.05, 4.69) is 27.7 Å². The molecule has 0 aromatic rings. The lowest BCUT2D eigenvalue weighted by Gasteiger charge is -2.46. The molecule has 1 nitrogen and oxygen atoms in total. The van der Waals surface area contributed by atoms with Crippen molar-refractivity contribution in [3.63, 3.8) is 0 Å². The molecule has 2 aliphatic rings. The molecule has 14 heavy (non-hydrogen) atoms. The summed E-state index contributed by atoms with van der Waals surface area (Å²) >= 11 is 0. The summed E-state index contributed by atoms with van der Waals surface area (Å²) in [5.41, 5.74) is 1.47. The molecule has 82 valence electrons. The lowest BCUT2D eigenvalue weighted by atomic mass is 9.59. The highest BCUT2D eigenvalue weighted by Crippen LogP contribution is 2.68. The molecule has 2 aliphatic carbocycles. The number of hydrogen-bond acceptors (Lipinski definition) is 1. The molecule has 1 spiro atoms. The van der Waals surface area contributed by atoms with Crippen molar-refractivity contribution in [3.05, 3.63) is 0 Å². The van der Waals surface area contributed by atoms with Gasteiger partial charge in [0.1, 0.15) is 0 Å². The Hall–Kier alpha value is -0.0400. The molecule has 0 saturated heterocycles. The van der Waals surface area contributed by atoms with Crippen molar-refractivity contribution < 1.29 is 5.11 Å². The predicted molar refractivity (Wildman–Crippen MR) is 59.0 cm³/mol. The Labute approximate surface area is 87.9 Å². The number of hydrogen-bond donors (Lipinski definition) is 1. The first-order valence-electron chi connectivity index (χ1n) is 5.90. The van der Waals surface area contributed by atoms with Gasteiger partial charge in [-0.2, -0.15) is 0 Å². The monoisotopic (exact) mass is 196 g/mol. The van der Waals surface area contributed by atoms with E-state index in [9.17, 15) is 5.11 Å². The summed E-state index contributed by atoms with van der Waals surface area (Å²) in [5, 5.41) is 9.26. The summed E-state index contributed by atoms with van der Waals surface area (Å²) in [5.74, 6) is 0.612. The van der Waals surface area contributed by atoms with Crippen molar-refractivity contribution in [2.24, 2.45) is 22.2 Å². The first-order valence-corrected chi connectivity index (χ1v) is 5.90. The highest BCUT2D eigenvalue weighted by atomic mass is 16.3. The topological polar surface area (TPSA) is 20.2 Å². The van der Waals surface area contributed by atoms with E-state index in [0.717, 1.165) is 0 Å². The third-order valence-corrected chi connectivity index (χ3v) is 4.20. The molecular weight excluding hydrogens is 172 g/mol. The quantitative estimate of drug-likeness (QED) is 0.682. The SMILES string of the molecule is CC1(C)CC(C)(C)CC2(CC2CO)C1. The maximum atomic E-state index is 9.26. The summed E-state index contributed by atoms with van der Waals surface area (Å²) in [6.07, 6.45) is 5.26. The van der Waals surface area contributed by atoms with Gasteiger partial charge < -0.3 is 5.11 Å². The summed E-state index contributed by atoms with van der Waals surface area (Å²) < 4.78 is 0. The van der Waals surface area contributed by atoms with Gasteiger partial charge in [0.25, 0.3) is 0 Å². The fourth-order valence-corrected chi connectivity index (χ4v) is 4.51. The van der Waals surface area contributed by atoms with Gasteiger partial charge in [0.15, 0.2) is 0 Å². The molecule has 1 atom stereocenters. The summed E-state index contributed by atoms with van der Waals surface area (Å²) in [7, 11) is 0. The normalized spacial score (nSPS) is 37.1. The van der Waals surface area contributed by atoms with E-state index in [1.807, 2.05) is 0 Å². The van der Waals surface area contributed by atoms with E-state index in [-0.39, 0.29) is 0 Å². The Balaban J connectivity index is 2.15. The van der Waals surface area contributed by atoms with Crippen LogP contribution < -0.4 is 0 Å². The van der Waals surface area contributed by atoms with Crippen molar-refractivity contribution in [2.75, 3.05) is 6.61 Å². The first kappa shape index (κ1) is 10.5. The molecule has 1 N–H and O–H groups in total. The minimum Gasteiger partial charge on any atom is -0.396 e. The average molecular weight is 196 g/mol. The van der Waals surface area contributed by atoms with Crippen LogP contribution in [0, 0.1) is 22.2 Å². The predicted octanol–water partition coefficient (Wildman–Crippen LogP) is 3.22. The van der Waals surface area contributed by atoms with E-state index in [1.54, 1.807) is 0 Å². The maximum Gasteiger partial charge on any atom is 0.0464 e. The van der Waals surface area contributed by atoms with Gasteiger partial charge in [-0.1, -0.05) is 27.7 Å². The zero-order valence-corrected chi connectivity index (χ0v) is 10.1. The number of rotatable bonds is 1. The molecule has 0 radical (unpaired) electrons. The summed E-state index contributed by atoms with van der Waals surface area (Å²) in [6.45, 7) is 9.97. The Kier molecular flexibility index (Phi) is 2.06. The van der Waals surface area contributed by atoms with Gasteiger partial charge in [0.05, 0.1) is 0 Å². The molecule has 1 unspecified atom stereocenters. The van der Waals surface area contributed by atoms with Gasteiger partial charge in [0.2, 0.25) is 0 Å². The Morgan fingerprint density at radius 1 is 1.00 bits per heavy atom. The standard InChI is InChI=1S/C13H24O/c1-11(2)7-12(3,4)9-13(8-11)5-10(13)6-14/h10,14H,5-9H2,1-4H3. The van der Waals surface area contributed by atoms with Gasteiger partial charge in [-0.05, 0) is 47.8 Å². The van der Waals surface area contributed by atoms with Crippen LogP contribution in [0.25, 0.3) is 0 Å². The van der Waals surface area contributed by atoms with Crippen molar-refractivity contribution in [1.82, 2.24) is 0 Å². The Bertz CT molecular complexity index is 224. The van der Waals surface area contributed by atoms with Crippen molar-refractivity contribution in [1.29, 1.82) is 0 Å². The van der Waals surface area contributed by atoms with Crippen molar-refractivity contribution in [3.8, 4) is 0 Å². The fraction of sp³-hybridized carbons (Fsp3) is 1.00. The van der Waals surface area contributed by atoms with Crippen molar-refractivity contribution in [2.45, 2.75) is 53.4 Å². The molecule has 0 aromatic heterocycles. The second kappa shape index (κ2) is 2.75. The molecule has 2 rings (SSSR count). The largest absolute Gasteiger partial charge is 0.396 e. The van der Waals surface area contributed by atoms with E-state index in [0.29, 0.717) is 28.8 Å². The molecule has 0 bridgehead atoms. The molecule has 1 heteroatoms. The highest BCUT2D eigenvalue weighted by Gasteiger charge is 2.60. The van der Waals surface area contributed by atoms with Crippen LogP contribution in [-0.2, 0) is 0 Å². The third kappa shape index (κ3) is 1.71. The van der Waals surface area contributed by atoms with Crippen LogP contribution in [0.15, 0.2) is 0 Å². The number of aliphatic hydroxyl groups is 1. The van der Waals surface area contributed by atoms with Crippen LogP contribution in [0.5, 0.6) is 0 Å². The van der Waals surface area contributed by atoms with Crippen LogP contribution >= 0.6 is 0 Å². The smallest absolute Gasteiger partial charge is 0.0464 e. The summed E-state index contributed by atoms with van der Waals surface area (Å²) in [4.78, 5) is 0. The van der Waals surface area contributed by atoms with Gasteiger partial charge >= 0.3 is 0 Å². The van der Waals surface area contributed by atoms with Crippen LogP contribution in [0.1, 0.15) is 53.4 Å². The second-order valence-electron chi connectivity index (χ2n) is 7.30.